The lowest BCUT2D eigenvalue weighted by Gasteiger charge is -2.09. The van der Waals surface area contributed by atoms with Gasteiger partial charge in [-0.2, -0.15) is 0 Å². The van der Waals surface area contributed by atoms with Crippen LogP contribution in [-0.2, 0) is 0 Å². The van der Waals surface area contributed by atoms with Crippen LogP contribution in [0.4, 0.5) is 11.4 Å². The van der Waals surface area contributed by atoms with E-state index in [0.717, 1.165) is 6.42 Å². The highest BCUT2D eigenvalue weighted by atomic mass is 79.9. The Morgan fingerprint density at radius 2 is 2.25 bits per heavy atom. The van der Waals surface area contributed by atoms with Crippen molar-refractivity contribution in [1.82, 2.24) is 4.98 Å². The van der Waals surface area contributed by atoms with E-state index in [1.807, 2.05) is 0 Å². The zero-order valence-corrected chi connectivity index (χ0v) is 10.8. The second kappa shape index (κ2) is 5.79. The Kier molecular flexibility index (Phi) is 4.67. The Hall–Kier alpha value is -1.17. The van der Waals surface area contributed by atoms with Crippen molar-refractivity contribution >= 4 is 27.3 Å². The van der Waals surface area contributed by atoms with Crippen molar-refractivity contribution in [3.05, 3.63) is 27.0 Å². The summed E-state index contributed by atoms with van der Waals surface area (Å²) in [5, 5.41) is 13.8. The predicted octanol–water partition coefficient (Wildman–Crippen LogP) is 3.21. The second-order valence-corrected chi connectivity index (χ2v) is 4.74. The first-order valence-corrected chi connectivity index (χ1v) is 5.83. The van der Waals surface area contributed by atoms with Crippen molar-refractivity contribution < 1.29 is 4.92 Å². The van der Waals surface area contributed by atoms with Gasteiger partial charge in [0.25, 0.3) is 0 Å². The fourth-order valence-corrected chi connectivity index (χ4v) is 1.69. The van der Waals surface area contributed by atoms with Gasteiger partial charge in [-0.15, -0.1) is 0 Å². The lowest BCUT2D eigenvalue weighted by molar-refractivity contribution is -0.384. The van der Waals surface area contributed by atoms with Crippen LogP contribution in [0.15, 0.2) is 16.9 Å². The second-order valence-electron chi connectivity index (χ2n) is 3.88. The molecule has 0 spiro atoms. The van der Waals surface area contributed by atoms with Crippen LogP contribution < -0.4 is 5.32 Å². The molecule has 0 radical (unpaired) electrons. The van der Waals surface area contributed by atoms with E-state index < -0.39 is 4.92 Å². The molecule has 1 heterocycles. The fourth-order valence-electron chi connectivity index (χ4n) is 1.22. The molecule has 0 saturated carbocycles. The summed E-state index contributed by atoms with van der Waals surface area (Å²) in [5.41, 5.74) is 0.499. The number of nitrogens with one attached hydrogen (secondary N) is 1. The van der Waals surface area contributed by atoms with Gasteiger partial charge < -0.3 is 5.32 Å². The molecular formula is C10H14BrN3O2. The number of hydrogen-bond donors (Lipinski definition) is 1. The molecular weight excluding hydrogens is 274 g/mol. The first-order valence-electron chi connectivity index (χ1n) is 5.04. The topological polar surface area (TPSA) is 68.1 Å². The third-order valence-corrected chi connectivity index (χ3v) is 2.70. The number of aromatic nitrogens is 1. The van der Waals surface area contributed by atoms with Crippen LogP contribution in [0.2, 0.25) is 0 Å². The zero-order valence-electron chi connectivity index (χ0n) is 9.24. The van der Waals surface area contributed by atoms with E-state index in [1.165, 1.54) is 6.20 Å². The van der Waals surface area contributed by atoms with Crippen LogP contribution >= 0.6 is 15.9 Å². The van der Waals surface area contributed by atoms with Gasteiger partial charge in [0.05, 0.1) is 9.40 Å². The molecule has 0 unspecified atom stereocenters. The Morgan fingerprint density at radius 1 is 1.56 bits per heavy atom. The molecule has 5 nitrogen and oxygen atoms in total. The van der Waals surface area contributed by atoms with Crippen molar-refractivity contribution in [2.24, 2.45) is 5.92 Å². The third kappa shape index (κ3) is 3.44. The first kappa shape index (κ1) is 12.9. The highest BCUT2D eigenvalue weighted by molar-refractivity contribution is 9.10. The minimum Gasteiger partial charge on any atom is -0.378 e. The van der Waals surface area contributed by atoms with E-state index in [4.69, 9.17) is 0 Å². The van der Waals surface area contributed by atoms with E-state index in [1.54, 1.807) is 6.20 Å². The van der Waals surface area contributed by atoms with Gasteiger partial charge in [0, 0.05) is 12.7 Å². The van der Waals surface area contributed by atoms with E-state index >= 15 is 0 Å². The normalized spacial score (nSPS) is 10.5. The molecule has 0 aromatic carbocycles. The van der Waals surface area contributed by atoms with Gasteiger partial charge >= 0.3 is 5.69 Å². The van der Waals surface area contributed by atoms with Gasteiger partial charge in [-0.05, 0) is 28.3 Å². The quantitative estimate of drug-likeness (QED) is 0.667. The van der Waals surface area contributed by atoms with Crippen molar-refractivity contribution in [2.45, 2.75) is 20.3 Å². The van der Waals surface area contributed by atoms with Gasteiger partial charge in [-0.3, -0.25) is 15.1 Å². The Morgan fingerprint density at radius 3 is 2.81 bits per heavy atom. The summed E-state index contributed by atoms with van der Waals surface area (Å²) in [6.45, 7) is 4.93. The summed E-state index contributed by atoms with van der Waals surface area (Å²) in [4.78, 5) is 14.1. The van der Waals surface area contributed by atoms with Crippen molar-refractivity contribution in [3.63, 3.8) is 0 Å². The van der Waals surface area contributed by atoms with Crippen LogP contribution in [0.3, 0.4) is 0 Å². The fraction of sp³-hybridized carbons (Fsp3) is 0.500. The molecule has 88 valence electrons. The lowest BCUT2D eigenvalue weighted by atomic mass is 10.1. The summed E-state index contributed by atoms with van der Waals surface area (Å²) in [6.07, 6.45) is 3.76. The molecule has 16 heavy (non-hydrogen) atoms. The maximum absolute atomic E-state index is 10.8. The lowest BCUT2D eigenvalue weighted by Crippen LogP contribution is -2.07. The number of nitro groups is 1. The molecule has 0 fully saturated rings. The van der Waals surface area contributed by atoms with Gasteiger partial charge in [-0.25, -0.2) is 0 Å². The van der Waals surface area contributed by atoms with E-state index in [-0.39, 0.29) is 5.69 Å². The summed E-state index contributed by atoms with van der Waals surface area (Å²) in [5.74, 6) is 0.562. The third-order valence-electron chi connectivity index (χ3n) is 2.10. The van der Waals surface area contributed by atoms with Crippen molar-refractivity contribution in [3.8, 4) is 0 Å². The maximum atomic E-state index is 10.8. The molecule has 0 aliphatic rings. The Labute approximate surface area is 103 Å². The Balaban J connectivity index is 2.80. The molecule has 6 heteroatoms. The van der Waals surface area contributed by atoms with E-state index in [0.29, 0.717) is 22.6 Å². The van der Waals surface area contributed by atoms with Crippen LogP contribution in [0.25, 0.3) is 0 Å². The highest BCUT2D eigenvalue weighted by Crippen LogP contribution is 2.30. The molecule has 0 aliphatic heterocycles. The minimum atomic E-state index is -0.435. The molecule has 0 amide bonds. The van der Waals surface area contributed by atoms with Crippen molar-refractivity contribution in [2.75, 3.05) is 11.9 Å². The smallest absolute Gasteiger partial charge is 0.311 e. The zero-order chi connectivity index (χ0) is 12.1. The van der Waals surface area contributed by atoms with Gasteiger partial charge in [0.1, 0.15) is 11.9 Å². The minimum absolute atomic E-state index is 0.00173. The number of anilines is 1. The monoisotopic (exact) mass is 287 g/mol. The molecule has 0 saturated heterocycles. The van der Waals surface area contributed by atoms with Gasteiger partial charge in [-0.1, -0.05) is 13.8 Å². The first-order chi connectivity index (χ1) is 7.52. The summed E-state index contributed by atoms with van der Waals surface area (Å²) in [6, 6.07) is 0. The molecule has 0 bridgehead atoms. The highest BCUT2D eigenvalue weighted by Gasteiger charge is 2.16. The summed E-state index contributed by atoms with van der Waals surface area (Å²) in [7, 11) is 0. The average Bonchev–Trinajstić information content (AvgIpc) is 2.19. The molecule has 1 aromatic heterocycles. The van der Waals surface area contributed by atoms with Crippen LogP contribution in [-0.4, -0.2) is 16.5 Å². The summed E-state index contributed by atoms with van der Waals surface area (Å²) < 4.78 is 0.616. The van der Waals surface area contributed by atoms with E-state index in [2.05, 4.69) is 40.1 Å². The van der Waals surface area contributed by atoms with Crippen LogP contribution in [0.1, 0.15) is 20.3 Å². The van der Waals surface area contributed by atoms with Crippen LogP contribution in [0, 0.1) is 16.0 Å². The molecule has 0 atom stereocenters. The van der Waals surface area contributed by atoms with Gasteiger partial charge in [0.2, 0.25) is 0 Å². The number of hydrogen-bond acceptors (Lipinski definition) is 4. The summed E-state index contributed by atoms with van der Waals surface area (Å²) >= 11 is 3.25. The number of pyridine rings is 1. The number of rotatable bonds is 5. The SMILES string of the molecule is CC(C)CCNc1c(Br)cncc1[N+](=O)[O-]. The van der Waals surface area contributed by atoms with Crippen molar-refractivity contribution in [1.29, 1.82) is 0 Å². The average molecular weight is 288 g/mol. The molecule has 1 aromatic rings. The number of halogens is 1. The Bertz CT molecular complexity index is 382. The maximum Gasteiger partial charge on any atom is 0.311 e. The van der Waals surface area contributed by atoms with Crippen LogP contribution in [0.5, 0.6) is 0 Å². The van der Waals surface area contributed by atoms with Gasteiger partial charge in [0.15, 0.2) is 0 Å². The number of nitrogens with zero attached hydrogens (tertiary/aromatic N) is 2. The predicted molar refractivity (Wildman–Crippen MR) is 66.5 cm³/mol. The largest absolute Gasteiger partial charge is 0.378 e. The van der Waals surface area contributed by atoms with E-state index in [9.17, 15) is 10.1 Å². The molecule has 0 aliphatic carbocycles. The molecule has 1 N–H and O–H groups in total. The standard InChI is InChI=1S/C10H14BrN3O2/c1-7(2)3-4-13-10-8(11)5-12-6-9(10)14(15)16/h5-7H,3-4H2,1-2H3,(H,12,13). The molecule has 1 rings (SSSR count).